The van der Waals surface area contributed by atoms with E-state index < -0.39 is 0 Å². The Balaban J connectivity index is 1.27. The number of rotatable bonds is 10. The molecule has 0 N–H and O–H groups in total. The topological polar surface area (TPSA) is 72.5 Å². The molecule has 36 heavy (non-hydrogen) atoms. The van der Waals surface area contributed by atoms with Crippen LogP contribution in [0.25, 0.3) is 11.0 Å². The Morgan fingerprint density at radius 1 is 1.00 bits per heavy atom. The fourth-order valence-electron chi connectivity index (χ4n) is 6.41. The molecular formula is C27H34Cl2N4O3. The average Bonchev–Trinajstić information content (AvgIpc) is 3.30. The molecule has 1 aromatic carbocycles. The van der Waals surface area contributed by atoms with Gasteiger partial charge in [0.2, 0.25) is 0 Å². The van der Waals surface area contributed by atoms with Gasteiger partial charge in [-0.2, -0.15) is 5.26 Å². The van der Waals surface area contributed by atoms with Gasteiger partial charge in [-0.25, -0.2) is 4.98 Å². The van der Waals surface area contributed by atoms with Crippen molar-refractivity contribution in [1.82, 2.24) is 14.8 Å². The number of nitrogens with zero attached hydrogens (tertiary/aromatic N) is 4. The van der Waals surface area contributed by atoms with Gasteiger partial charge in [-0.3, -0.25) is 9.68 Å². The van der Waals surface area contributed by atoms with Crippen LogP contribution in [-0.4, -0.2) is 40.1 Å². The monoisotopic (exact) mass is 532 g/mol. The van der Waals surface area contributed by atoms with Crippen LogP contribution in [-0.2, 0) is 14.4 Å². The molecule has 194 valence electrons. The highest BCUT2D eigenvalue weighted by molar-refractivity contribution is 6.42. The maximum absolute atomic E-state index is 8.93. The highest BCUT2D eigenvalue weighted by Crippen LogP contribution is 2.56. The minimum absolute atomic E-state index is 0.0201. The molecule has 0 bridgehead atoms. The molecule has 6 rings (SSSR count). The molecule has 2 aromatic rings. The molecule has 7 nitrogen and oxygen atoms in total. The number of hydrogen-bond donors (Lipinski definition) is 0. The van der Waals surface area contributed by atoms with Crippen LogP contribution in [0, 0.1) is 35.0 Å². The molecule has 0 amide bonds. The van der Waals surface area contributed by atoms with Gasteiger partial charge in [0.05, 0.1) is 65.3 Å². The fraction of sp³-hybridized carbons (Fsp3) is 0.704. The quantitative estimate of drug-likeness (QED) is 0.250. The molecule has 4 unspecified atom stereocenters. The van der Waals surface area contributed by atoms with Gasteiger partial charge < -0.3 is 9.30 Å². The summed E-state index contributed by atoms with van der Waals surface area (Å²) in [5.41, 5.74) is 1.80. The van der Waals surface area contributed by atoms with Crippen molar-refractivity contribution < 1.29 is 14.4 Å². The first-order valence-corrected chi connectivity index (χ1v) is 14.3. The van der Waals surface area contributed by atoms with E-state index in [2.05, 4.69) is 15.6 Å². The number of imidazole rings is 1. The van der Waals surface area contributed by atoms with Crippen molar-refractivity contribution in [1.29, 1.82) is 5.26 Å². The summed E-state index contributed by atoms with van der Waals surface area (Å²) in [6.45, 7) is 0.811. The van der Waals surface area contributed by atoms with Crippen LogP contribution < -0.4 is 0 Å². The first kappa shape index (κ1) is 24.9. The van der Waals surface area contributed by atoms with Crippen molar-refractivity contribution in [3.8, 4) is 6.07 Å². The molecule has 3 saturated carbocycles. The van der Waals surface area contributed by atoms with E-state index >= 15 is 0 Å². The van der Waals surface area contributed by atoms with Crippen molar-refractivity contribution in [2.75, 3.05) is 13.2 Å². The molecule has 4 atom stereocenters. The molecule has 1 aromatic heterocycles. The molecule has 9 heteroatoms. The summed E-state index contributed by atoms with van der Waals surface area (Å²) in [5, 5.41) is 11.6. The minimum atomic E-state index is -0.103. The van der Waals surface area contributed by atoms with Crippen LogP contribution >= 0.6 is 23.2 Å². The molecule has 1 saturated heterocycles. The van der Waals surface area contributed by atoms with Gasteiger partial charge in [0.1, 0.15) is 6.23 Å². The SMILES string of the molecule is N#CCCON(OCC1OC(n2cnc3cc(Cl)c(Cl)cc32)C(C2CCC2)C1C1CCC1)C1CCC1. The highest BCUT2D eigenvalue weighted by Gasteiger charge is 2.54. The fourth-order valence-corrected chi connectivity index (χ4v) is 6.73. The number of nitriles is 1. The Morgan fingerprint density at radius 2 is 1.69 bits per heavy atom. The smallest absolute Gasteiger partial charge is 0.139 e. The largest absolute Gasteiger partial charge is 0.352 e. The number of hydroxylamine groups is 2. The summed E-state index contributed by atoms with van der Waals surface area (Å²) in [6.07, 6.45) is 13.0. The third-order valence-corrected chi connectivity index (χ3v) is 9.69. The normalized spacial score (nSPS) is 29.3. The predicted octanol–water partition coefficient (Wildman–Crippen LogP) is 6.70. The molecule has 1 aliphatic heterocycles. The zero-order valence-electron chi connectivity index (χ0n) is 20.5. The Kier molecular flexibility index (Phi) is 7.45. The van der Waals surface area contributed by atoms with Crippen LogP contribution in [0.1, 0.15) is 70.4 Å². The lowest BCUT2D eigenvalue weighted by Crippen LogP contribution is -2.44. The van der Waals surface area contributed by atoms with Crippen molar-refractivity contribution in [3.63, 3.8) is 0 Å². The Morgan fingerprint density at radius 3 is 2.33 bits per heavy atom. The summed E-state index contributed by atoms with van der Waals surface area (Å²) in [7, 11) is 0. The van der Waals surface area contributed by atoms with E-state index in [1.807, 2.05) is 18.5 Å². The molecule has 2 heterocycles. The standard InChI is InChI=1S/C27H34Cl2N4O3/c28-20-13-22-23(14-21(20)29)32(16-31-22)27-26(18-7-2-8-18)25(17-5-1-6-17)24(36-27)15-35-33(19-9-3-10-19)34-12-4-11-30/h13-14,16-19,24-27H,1-10,12,15H2. The van der Waals surface area contributed by atoms with E-state index in [4.69, 9.17) is 42.9 Å². The lowest BCUT2D eigenvalue weighted by Gasteiger charge is -2.43. The third-order valence-electron chi connectivity index (χ3n) is 8.97. The van der Waals surface area contributed by atoms with Crippen molar-refractivity contribution in [2.24, 2.45) is 23.7 Å². The van der Waals surface area contributed by atoms with E-state index in [0.29, 0.717) is 53.4 Å². The zero-order valence-corrected chi connectivity index (χ0v) is 22.0. The first-order valence-electron chi connectivity index (χ1n) is 13.5. The van der Waals surface area contributed by atoms with Crippen molar-refractivity contribution in [3.05, 3.63) is 28.5 Å². The van der Waals surface area contributed by atoms with Crippen LogP contribution in [0.3, 0.4) is 0 Å². The highest BCUT2D eigenvalue weighted by atomic mass is 35.5. The number of halogens is 2. The minimum Gasteiger partial charge on any atom is -0.352 e. The van der Waals surface area contributed by atoms with E-state index in [0.717, 1.165) is 23.9 Å². The number of hydrogen-bond acceptors (Lipinski definition) is 6. The Hall–Kier alpha value is -1.40. The van der Waals surface area contributed by atoms with E-state index in [9.17, 15) is 0 Å². The maximum Gasteiger partial charge on any atom is 0.139 e. The molecule has 3 aliphatic carbocycles. The average molecular weight is 534 g/mol. The summed E-state index contributed by atoms with van der Waals surface area (Å²) >= 11 is 12.7. The van der Waals surface area contributed by atoms with Gasteiger partial charge in [-0.05, 0) is 62.0 Å². The zero-order chi connectivity index (χ0) is 24.6. The summed E-state index contributed by atoms with van der Waals surface area (Å²) < 4.78 is 9.10. The van der Waals surface area contributed by atoms with Crippen LogP contribution in [0.15, 0.2) is 18.5 Å². The first-order chi connectivity index (χ1) is 17.6. The van der Waals surface area contributed by atoms with Crippen molar-refractivity contribution >= 4 is 34.2 Å². The Bertz CT molecular complexity index is 1110. The maximum atomic E-state index is 8.93. The van der Waals surface area contributed by atoms with Gasteiger partial charge in [-0.15, -0.1) is 0 Å². The number of ether oxygens (including phenoxy) is 1. The van der Waals surface area contributed by atoms with Gasteiger partial charge >= 0.3 is 0 Å². The van der Waals surface area contributed by atoms with E-state index in [-0.39, 0.29) is 18.4 Å². The van der Waals surface area contributed by atoms with E-state index in [1.54, 1.807) is 5.23 Å². The summed E-state index contributed by atoms with van der Waals surface area (Å²) in [6, 6.07) is 6.16. The molecule has 4 aliphatic rings. The number of fused-ring (bicyclic) bond motifs is 1. The second-order valence-electron chi connectivity index (χ2n) is 10.9. The van der Waals surface area contributed by atoms with Crippen LogP contribution in [0.2, 0.25) is 10.0 Å². The molecule has 4 fully saturated rings. The van der Waals surface area contributed by atoms with Gasteiger partial charge in [-0.1, -0.05) is 54.1 Å². The van der Waals surface area contributed by atoms with Gasteiger partial charge in [0, 0.05) is 5.92 Å². The van der Waals surface area contributed by atoms with Crippen molar-refractivity contribution in [2.45, 2.75) is 82.6 Å². The number of benzene rings is 1. The Labute approximate surface area is 222 Å². The predicted molar refractivity (Wildman–Crippen MR) is 137 cm³/mol. The second kappa shape index (κ2) is 10.8. The van der Waals surface area contributed by atoms with Crippen LogP contribution in [0.5, 0.6) is 0 Å². The lowest BCUT2D eigenvalue weighted by atomic mass is 9.62. The molecular weight excluding hydrogens is 499 g/mol. The second-order valence-corrected chi connectivity index (χ2v) is 11.7. The lowest BCUT2D eigenvalue weighted by molar-refractivity contribution is -0.402. The summed E-state index contributed by atoms with van der Waals surface area (Å²) in [5.74, 6) is 2.18. The van der Waals surface area contributed by atoms with Gasteiger partial charge in [0.15, 0.2) is 0 Å². The summed E-state index contributed by atoms with van der Waals surface area (Å²) in [4.78, 5) is 16.8. The molecule has 0 radical (unpaired) electrons. The van der Waals surface area contributed by atoms with E-state index in [1.165, 1.54) is 44.9 Å². The third kappa shape index (κ3) is 4.66. The number of aromatic nitrogens is 2. The molecule has 0 spiro atoms. The van der Waals surface area contributed by atoms with Gasteiger partial charge in [0.25, 0.3) is 0 Å². The van der Waals surface area contributed by atoms with Crippen LogP contribution in [0.4, 0.5) is 0 Å².